The number of hydrogen-bond donors (Lipinski definition) is 2. The Labute approximate surface area is 51.4 Å². The van der Waals surface area contributed by atoms with Gasteiger partial charge in [-0.2, -0.15) is 12.6 Å². The smallest absolute Gasteiger partial charge is 0.268 e. The van der Waals surface area contributed by atoms with Gasteiger partial charge in [0.2, 0.25) is 4.92 Å². The third-order valence-electron chi connectivity index (χ3n) is 0.221. The van der Waals surface area contributed by atoms with E-state index in [2.05, 4.69) is 25.3 Å². The molecule has 0 aliphatic carbocycles. The quantitative estimate of drug-likeness (QED) is 0.313. The van der Waals surface area contributed by atoms with Gasteiger partial charge in [0.1, 0.15) is 0 Å². The molecule has 0 bridgehead atoms. The van der Waals surface area contributed by atoms with Crippen LogP contribution in [0.4, 0.5) is 0 Å². The van der Waals surface area contributed by atoms with Gasteiger partial charge in [-0.3, -0.25) is 0 Å². The van der Waals surface area contributed by atoms with Crippen molar-refractivity contribution < 1.29 is 10.1 Å². The molecule has 0 radical (unpaired) electrons. The third-order valence-corrected chi connectivity index (χ3v) is 0.442. The Morgan fingerprint density at radius 2 is 2.43 bits per heavy atom. The minimum atomic E-state index is -0.394. The van der Waals surface area contributed by atoms with E-state index in [0.717, 1.165) is 6.20 Å². The molecule has 0 rings (SSSR count). The number of thiol groups is 1. The molecule has 0 spiro atoms. The molecule has 0 unspecified atom stereocenters. The van der Waals surface area contributed by atoms with Crippen LogP contribution in [0.2, 0.25) is 0 Å². The molecular formula is C2H3NO2S2. The monoisotopic (exact) mass is 137 g/mol. The van der Waals surface area contributed by atoms with Crippen LogP contribution in [0.5, 0.6) is 0 Å². The van der Waals surface area contributed by atoms with E-state index in [4.69, 9.17) is 5.21 Å². The Hall–Kier alpha value is -0.290. The van der Waals surface area contributed by atoms with E-state index in [0.29, 0.717) is 0 Å². The molecule has 0 fully saturated rings. The molecule has 0 aliphatic heterocycles. The first-order valence-electron chi connectivity index (χ1n) is 1.36. The van der Waals surface area contributed by atoms with Crippen LogP contribution in [-0.2, 0) is 12.6 Å². The largest absolute Gasteiger partial charge is 0.767 e. The van der Waals surface area contributed by atoms with Crippen LogP contribution in [0, 0.1) is 4.91 Å². The van der Waals surface area contributed by atoms with Gasteiger partial charge in [-0.05, 0) is 0 Å². The standard InChI is InChI=1S/C2H3NO2S2/c4-3(5)1-2(6)7/h1H,(H2-,4,5,6,7). The van der Waals surface area contributed by atoms with Gasteiger partial charge in [-0.15, -0.1) is 0 Å². The highest BCUT2D eigenvalue weighted by atomic mass is 32.2. The number of rotatable bonds is 1. The van der Waals surface area contributed by atoms with E-state index >= 15 is 0 Å². The lowest BCUT2D eigenvalue weighted by Crippen LogP contribution is -1.87. The summed E-state index contributed by atoms with van der Waals surface area (Å²) in [5.41, 5.74) is 0. The van der Waals surface area contributed by atoms with Gasteiger partial charge in [-0.25, -0.2) is 5.21 Å². The molecular weight excluding hydrogens is 134 g/mol. The zero-order valence-corrected chi connectivity index (χ0v) is 4.95. The molecule has 0 aromatic heterocycles. The van der Waals surface area contributed by atoms with E-state index < -0.39 is 4.92 Å². The van der Waals surface area contributed by atoms with Crippen LogP contribution in [0.15, 0.2) is 10.4 Å². The molecule has 0 aliphatic rings. The maximum atomic E-state index is 9.53. The SMILES string of the molecule is O=[N+](O)C=C([S-])S. The summed E-state index contributed by atoms with van der Waals surface area (Å²) in [5.74, 6) is 0. The minimum absolute atomic E-state index is 0.0532. The molecule has 0 amide bonds. The highest BCUT2D eigenvalue weighted by molar-refractivity contribution is 7.97. The van der Waals surface area contributed by atoms with E-state index in [9.17, 15) is 4.91 Å². The number of hydrogen-bond acceptors (Lipinski definition) is 3. The highest BCUT2D eigenvalue weighted by Gasteiger charge is 1.88. The fourth-order valence-corrected chi connectivity index (χ4v) is 0.283. The summed E-state index contributed by atoms with van der Waals surface area (Å²) in [6.07, 6.45) is 0.762. The van der Waals surface area contributed by atoms with Crippen molar-refractivity contribution in [3.63, 3.8) is 0 Å². The molecule has 7 heavy (non-hydrogen) atoms. The van der Waals surface area contributed by atoms with Gasteiger partial charge < -0.3 is 12.6 Å². The van der Waals surface area contributed by atoms with Gasteiger partial charge in [-0.1, -0.05) is 4.24 Å². The first-order chi connectivity index (χ1) is 3.13. The van der Waals surface area contributed by atoms with Crippen molar-refractivity contribution >= 4 is 25.3 Å². The second-order valence-electron chi connectivity index (χ2n) is 0.770. The first kappa shape index (κ1) is 6.71. The van der Waals surface area contributed by atoms with Crippen molar-refractivity contribution in [3.05, 3.63) is 15.3 Å². The lowest BCUT2D eigenvalue weighted by Gasteiger charge is -1.89. The normalized spacial score (nSPS) is 11.3. The van der Waals surface area contributed by atoms with E-state index in [1.807, 2.05) is 0 Å². The molecule has 0 aromatic carbocycles. The summed E-state index contributed by atoms with van der Waals surface area (Å²) in [5, 5.41) is 7.81. The summed E-state index contributed by atoms with van der Waals surface area (Å²) in [4.78, 5) is 9.14. The molecule has 5 heteroatoms. The molecule has 40 valence electrons. The molecule has 0 atom stereocenters. The van der Waals surface area contributed by atoms with Gasteiger partial charge in [0.15, 0.2) is 0 Å². The maximum absolute atomic E-state index is 9.53. The number of nitrogens with zero attached hydrogens (tertiary/aromatic N) is 1. The maximum Gasteiger partial charge on any atom is 0.268 e. The molecule has 3 nitrogen and oxygen atoms in total. The Bertz CT molecular complexity index is 106. The molecule has 0 heterocycles. The average Bonchev–Trinajstić information content (AvgIpc) is 1.27. The predicted octanol–water partition coefficient (Wildman–Crippen LogP) is 0.430. The zero-order chi connectivity index (χ0) is 5.86. The van der Waals surface area contributed by atoms with Crippen LogP contribution < -0.4 is 0 Å². The van der Waals surface area contributed by atoms with Gasteiger partial charge >= 0.3 is 0 Å². The summed E-state index contributed by atoms with van der Waals surface area (Å²) in [6, 6.07) is 0. The summed E-state index contributed by atoms with van der Waals surface area (Å²) in [7, 11) is 0. The van der Waals surface area contributed by atoms with E-state index in [1.54, 1.807) is 0 Å². The van der Waals surface area contributed by atoms with Crippen LogP contribution in [0.25, 0.3) is 0 Å². The first-order valence-corrected chi connectivity index (χ1v) is 2.21. The third kappa shape index (κ3) is 5.71. The Kier molecular flexibility index (Phi) is 2.70. The second-order valence-corrected chi connectivity index (χ2v) is 1.99. The zero-order valence-electron chi connectivity index (χ0n) is 3.24. The highest BCUT2D eigenvalue weighted by Crippen LogP contribution is 1.92. The van der Waals surface area contributed by atoms with Crippen molar-refractivity contribution in [2.24, 2.45) is 0 Å². The van der Waals surface area contributed by atoms with Crippen LogP contribution in [0.3, 0.4) is 0 Å². The van der Waals surface area contributed by atoms with Crippen molar-refractivity contribution in [2.75, 3.05) is 0 Å². The fourth-order valence-electron chi connectivity index (χ4n) is 0.0945. The summed E-state index contributed by atoms with van der Waals surface area (Å²) in [6.45, 7) is 0. The average molecular weight is 137 g/mol. The van der Waals surface area contributed by atoms with Crippen LogP contribution >= 0.6 is 12.6 Å². The molecule has 0 aromatic rings. The summed E-state index contributed by atoms with van der Waals surface area (Å²) < 4.78 is 0.0532. The molecule has 1 N–H and O–H groups in total. The minimum Gasteiger partial charge on any atom is -0.767 e. The Morgan fingerprint density at radius 1 is 2.00 bits per heavy atom. The lowest BCUT2D eigenvalue weighted by molar-refractivity contribution is -0.742. The van der Waals surface area contributed by atoms with Crippen molar-refractivity contribution in [2.45, 2.75) is 0 Å². The van der Waals surface area contributed by atoms with Crippen molar-refractivity contribution in [3.8, 4) is 0 Å². The molecule has 0 saturated heterocycles. The van der Waals surface area contributed by atoms with E-state index in [1.165, 1.54) is 0 Å². The van der Waals surface area contributed by atoms with Crippen molar-refractivity contribution in [1.29, 1.82) is 0 Å². The van der Waals surface area contributed by atoms with Crippen LogP contribution in [-0.4, -0.2) is 10.1 Å². The van der Waals surface area contributed by atoms with Gasteiger partial charge in [0, 0.05) is 0 Å². The predicted molar refractivity (Wildman–Crippen MR) is 29.8 cm³/mol. The Morgan fingerprint density at radius 3 is 2.43 bits per heavy atom. The van der Waals surface area contributed by atoms with Crippen molar-refractivity contribution in [1.82, 2.24) is 0 Å². The van der Waals surface area contributed by atoms with Gasteiger partial charge in [0.25, 0.3) is 6.20 Å². The Balaban J connectivity index is 3.68. The second kappa shape index (κ2) is 2.81. The lowest BCUT2D eigenvalue weighted by atomic mass is 11.1. The topological polar surface area (TPSA) is 40.3 Å². The van der Waals surface area contributed by atoms with Gasteiger partial charge in [0.05, 0.1) is 4.91 Å². The fraction of sp³-hybridized carbons (Fsp3) is 0. The summed E-state index contributed by atoms with van der Waals surface area (Å²) >= 11 is 7.79. The van der Waals surface area contributed by atoms with E-state index in [-0.39, 0.29) is 4.24 Å². The van der Waals surface area contributed by atoms with Crippen LogP contribution in [0.1, 0.15) is 0 Å². The molecule has 0 saturated carbocycles.